The van der Waals surface area contributed by atoms with Crippen LogP contribution in [-0.2, 0) is 9.59 Å². The molecule has 0 spiro atoms. The van der Waals surface area contributed by atoms with E-state index in [9.17, 15) is 9.59 Å². The average Bonchev–Trinajstić information content (AvgIpc) is 3.42. The lowest BCUT2D eigenvalue weighted by Gasteiger charge is -2.18. The maximum Gasteiger partial charge on any atom is 0.233 e. The number of aliphatic imine (C=N–C) groups is 1. The Kier molecular flexibility index (Phi) is 8.21. The number of amides is 2. The number of hydrogen-bond donors (Lipinski definition) is 2. The van der Waals surface area contributed by atoms with Gasteiger partial charge in [-0.1, -0.05) is 30.4 Å². The van der Waals surface area contributed by atoms with Crippen LogP contribution >= 0.6 is 35.7 Å². The average molecular weight is 540 g/mol. The molecule has 0 radical (unpaired) electrons. The van der Waals surface area contributed by atoms with Gasteiger partial charge in [-0.05, 0) is 42.6 Å². The molecule has 1 saturated carbocycles. The second-order valence-electron chi connectivity index (χ2n) is 7.77. The fraction of sp³-hybridized carbons (Fsp3) is 0.500. The number of nitrogens with zero attached hydrogens (tertiary/aromatic N) is 2. The molecule has 2 aliphatic carbocycles. The first-order chi connectivity index (χ1) is 14.2. The van der Waals surface area contributed by atoms with Crippen LogP contribution in [0.25, 0.3) is 0 Å². The Bertz CT molecular complexity index is 787. The lowest BCUT2D eigenvalue weighted by Crippen LogP contribution is -2.44. The fourth-order valence-electron chi connectivity index (χ4n) is 4.68. The third kappa shape index (κ3) is 4.85. The zero-order valence-corrected chi connectivity index (χ0v) is 20.3. The quantitative estimate of drug-likeness (QED) is 0.101. The minimum absolute atomic E-state index is 0. The van der Waals surface area contributed by atoms with Gasteiger partial charge in [-0.25, -0.2) is 0 Å². The van der Waals surface area contributed by atoms with Gasteiger partial charge in [-0.3, -0.25) is 19.5 Å². The van der Waals surface area contributed by atoms with E-state index in [1.165, 1.54) is 9.80 Å². The SMILES string of the molecule is CN=C(NCCCSc1ccccc1)NCCN1C(=O)C2C3C=CC(C3)C2C1=O.I. The van der Waals surface area contributed by atoms with E-state index in [1.54, 1.807) is 7.05 Å². The van der Waals surface area contributed by atoms with Gasteiger partial charge in [0.05, 0.1) is 11.8 Å². The second kappa shape index (κ2) is 10.7. The number of carbonyl (C=O) groups excluding carboxylic acids is 2. The Morgan fingerprint density at radius 2 is 1.70 bits per heavy atom. The summed E-state index contributed by atoms with van der Waals surface area (Å²) in [5, 5.41) is 6.51. The molecular weight excluding hydrogens is 511 g/mol. The number of allylic oxidation sites excluding steroid dienone is 2. The molecule has 2 amide bonds. The Labute approximate surface area is 199 Å². The largest absolute Gasteiger partial charge is 0.356 e. The number of fused-ring (bicyclic) bond motifs is 5. The molecule has 0 aromatic heterocycles. The molecule has 2 fully saturated rings. The Morgan fingerprint density at radius 3 is 2.33 bits per heavy atom. The monoisotopic (exact) mass is 540 g/mol. The lowest BCUT2D eigenvalue weighted by atomic mass is 9.85. The predicted octanol–water partition coefficient (Wildman–Crippen LogP) is 2.76. The molecule has 4 rings (SSSR count). The van der Waals surface area contributed by atoms with Gasteiger partial charge in [-0.2, -0.15) is 0 Å². The molecule has 4 atom stereocenters. The zero-order chi connectivity index (χ0) is 20.2. The highest BCUT2D eigenvalue weighted by molar-refractivity contribution is 14.0. The Hall–Kier alpha value is -1.55. The van der Waals surface area contributed by atoms with Gasteiger partial charge in [0.15, 0.2) is 5.96 Å². The molecule has 2 bridgehead atoms. The highest BCUT2D eigenvalue weighted by Crippen LogP contribution is 2.52. The number of rotatable bonds is 8. The fourth-order valence-corrected chi connectivity index (χ4v) is 5.55. The first-order valence-electron chi connectivity index (χ1n) is 10.3. The smallest absolute Gasteiger partial charge is 0.233 e. The van der Waals surface area contributed by atoms with Crippen molar-refractivity contribution in [1.29, 1.82) is 0 Å². The van der Waals surface area contributed by atoms with Crippen LogP contribution in [0.4, 0.5) is 0 Å². The number of guanidine groups is 1. The number of likely N-dealkylation sites (tertiary alicyclic amines) is 1. The third-order valence-electron chi connectivity index (χ3n) is 6.04. The van der Waals surface area contributed by atoms with Crippen molar-refractivity contribution in [2.45, 2.75) is 17.7 Å². The van der Waals surface area contributed by atoms with Gasteiger partial charge in [0.1, 0.15) is 0 Å². The maximum atomic E-state index is 12.7. The van der Waals surface area contributed by atoms with Crippen LogP contribution in [0.3, 0.4) is 0 Å². The Morgan fingerprint density at radius 1 is 1.07 bits per heavy atom. The Balaban J connectivity index is 0.00000256. The van der Waals surface area contributed by atoms with E-state index in [0.29, 0.717) is 19.0 Å². The van der Waals surface area contributed by atoms with Gasteiger partial charge in [-0.15, -0.1) is 35.7 Å². The number of benzene rings is 1. The summed E-state index contributed by atoms with van der Waals surface area (Å²) in [6.07, 6.45) is 6.24. The topological polar surface area (TPSA) is 73.8 Å². The molecule has 1 aromatic rings. The molecule has 4 unspecified atom stereocenters. The van der Waals surface area contributed by atoms with Crippen molar-refractivity contribution in [2.75, 3.05) is 32.4 Å². The lowest BCUT2D eigenvalue weighted by molar-refractivity contribution is -0.140. The second-order valence-corrected chi connectivity index (χ2v) is 8.94. The van der Waals surface area contributed by atoms with E-state index in [-0.39, 0.29) is 59.5 Å². The zero-order valence-electron chi connectivity index (χ0n) is 17.1. The van der Waals surface area contributed by atoms with E-state index in [1.807, 2.05) is 17.8 Å². The summed E-state index contributed by atoms with van der Waals surface area (Å²) in [6.45, 7) is 1.73. The van der Waals surface area contributed by atoms with Crippen molar-refractivity contribution in [2.24, 2.45) is 28.7 Å². The number of nitrogens with one attached hydrogen (secondary N) is 2. The molecule has 1 aliphatic heterocycles. The molecule has 6 nitrogen and oxygen atoms in total. The molecule has 3 aliphatic rings. The van der Waals surface area contributed by atoms with Crippen LogP contribution in [0.1, 0.15) is 12.8 Å². The number of hydrogen-bond acceptors (Lipinski definition) is 4. The van der Waals surface area contributed by atoms with Crippen molar-refractivity contribution in [3.8, 4) is 0 Å². The molecular formula is C22H29IN4O2S. The standard InChI is InChI=1S/C22H28N4O2S.HI/c1-23-22(24-10-5-13-29-17-6-3-2-4-7-17)25-11-12-26-20(27)18-15-8-9-16(14-15)19(18)21(26)28;/h2-4,6-9,15-16,18-19H,5,10-14H2,1H3,(H2,23,24,25);1H. The summed E-state index contributed by atoms with van der Waals surface area (Å²) in [6, 6.07) is 10.4. The van der Waals surface area contributed by atoms with Gasteiger partial charge in [0.2, 0.25) is 11.8 Å². The summed E-state index contributed by atoms with van der Waals surface area (Å²) >= 11 is 1.84. The minimum Gasteiger partial charge on any atom is -0.356 e. The summed E-state index contributed by atoms with van der Waals surface area (Å²) in [4.78, 5) is 32.3. The van der Waals surface area contributed by atoms with Crippen molar-refractivity contribution >= 4 is 53.5 Å². The van der Waals surface area contributed by atoms with Crippen LogP contribution in [0.5, 0.6) is 0 Å². The highest BCUT2D eigenvalue weighted by atomic mass is 127. The molecule has 8 heteroatoms. The number of thioether (sulfide) groups is 1. The van der Waals surface area contributed by atoms with Crippen molar-refractivity contribution in [3.63, 3.8) is 0 Å². The van der Waals surface area contributed by atoms with E-state index >= 15 is 0 Å². The molecule has 1 saturated heterocycles. The molecule has 1 aromatic carbocycles. The third-order valence-corrected chi connectivity index (χ3v) is 7.14. The normalized spacial score (nSPS) is 26.7. The first kappa shape index (κ1) is 23.1. The van der Waals surface area contributed by atoms with E-state index in [0.717, 1.165) is 25.1 Å². The van der Waals surface area contributed by atoms with Crippen molar-refractivity contribution in [3.05, 3.63) is 42.5 Å². The first-order valence-corrected chi connectivity index (χ1v) is 11.3. The van der Waals surface area contributed by atoms with Crippen LogP contribution in [0.2, 0.25) is 0 Å². The van der Waals surface area contributed by atoms with Gasteiger partial charge in [0, 0.05) is 31.6 Å². The molecule has 2 N–H and O–H groups in total. The van der Waals surface area contributed by atoms with Crippen molar-refractivity contribution in [1.82, 2.24) is 15.5 Å². The summed E-state index contributed by atoms with van der Waals surface area (Å²) in [5.41, 5.74) is 0. The van der Waals surface area contributed by atoms with Gasteiger partial charge < -0.3 is 10.6 Å². The molecule has 30 heavy (non-hydrogen) atoms. The van der Waals surface area contributed by atoms with E-state index in [4.69, 9.17) is 0 Å². The highest BCUT2D eigenvalue weighted by Gasteiger charge is 2.58. The minimum atomic E-state index is -0.114. The molecule has 1 heterocycles. The van der Waals surface area contributed by atoms with E-state index in [2.05, 4.69) is 52.0 Å². The number of carbonyl (C=O) groups is 2. The summed E-state index contributed by atoms with van der Waals surface area (Å²) < 4.78 is 0. The van der Waals surface area contributed by atoms with Crippen LogP contribution < -0.4 is 10.6 Å². The van der Waals surface area contributed by atoms with Crippen LogP contribution in [-0.4, -0.2) is 55.1 Å². The summed E-state index contributed by atoms with van der Waals surface area (Å²) in [5.74, 6) is 2.07. The van der Waals surface area contributed by atoms with Gasteiger partial charge in [0.25, 0.3) is 0 Å². The van der Waals surface area contributed by atoms with Crippen LogP contribution in [0.15, 0.2) is 52.4 Å². The van der Waals surface area contributed by atoms with E-state index < -0.39 is 0 Å². The number of imide groups is 1. The number of halogens is 1. The maximum absolute atomic E-state index is 12.7. The predicted molar refractivity (Wildman–Crippen MR) is 131 cm³/mol. The summed E-state index contributed by atoms with van der Waals surface area (Å²) in [7, 11) is 1.73. The van der Waals surface area contributed by atoms with Crippen LogP contribution in [0, 0.1) is 23.7 Å². The van der Waals surface area contributed by atoms with Crippen molar-refractivity contribution < 1.29 is 9.59 Å². The molecule has 162 valence electrons. The van der Waals surface area contributed by atoms with Gasteiger partial charge >= 0.3 is 0 Å².